The second-order valence-corrected chi connectivity index (χ2v) is 8.23. The Morgan fingerprint density at radius 2 is 1.24 bits per heavy atom. The zero-order chi connectivity index (χ0) is 21.8. The van der Waals surface area contributed by atoms with E-state index in [4.69, 9.17) is 14.2 Å². The molecule has 0 aliphatic carbocycles. The minimum absolute atomic E-state index is 0.101. The number of alkyl carbamates (subject to hydrolysis) is 1. The third-order valence-corrected chi connectivity index (χ3v) is 4.11. The molecule has 2 amide bonds. The van der Waals surface area contributed by atoms with Gasteiger partial charge in [0.2, 0.25) is 5.91 Å². The van der Waals surface area contributed by atoms with Crippen molar-refractivity contribution in [3.05, 3.63) is 0 Å². The molecule has 7 heteroatoms. The molecule has 0 aromatic heterocycles. The van der Waals surface area contributed by atoms with E-state index in [0.29, 0.717) is 45.9 Å². The summed E-state index contributed by atoms with van der Waals surface area (Å²) >= 11 is 0. The second kappa shape index (κ2) is 18.7. The molecule has 29 heavy (non-hydrogen) atoms. The molecule has 2 N–H and O–H groups in total. The third kappa shape index (κ3) is 22.8. The molecule has 0 aliphatic heterocycles. The van der Waals surface area contributed by atoms with Gasteiger partial charge in [-0.15, -0.1) is 0 Å². The van der Waals surface area contributed by atoms with E-state index < -0.39 is 11.7 Å². The second-order valence-electron chi connectivity index (χ2n) is 8.23. The van der Waals surface area contributed by atoms with Crippen molar-refractivity contribution in [2.45, 2.75) is 91.1 Å². The van der Waals surface area contributed by atoms with Crippen molar-refractivity contribution in [3.8, 4) is 0 Å². The Kier molecular flexibility index (Phi) is 17.8. The minimum Gasteiger partial charge on any atom is -0.444 e. The van der Waals surface area contributed by atoms with Gasteiger partial charge in [0.1, 0.15) is 5.60 Å². The van der Waals surface area contributed by atoms with Crippen LogP contribution in [0.2, 0.25) is 0 Å². The van der Waals surface area contributed by atoms with Crippen molar-refractivity contribution in [1.82, 2.24) is 10.6 Å². The Bertz CT molecular complexity index is 410. The summed E-state index contributed by atoms with van der Waals surface area (Å²) in [6.45, 7) is 10.4. The summed E-state index contributed by atoms with van der Waals surface area (Å²) in [5.41, 5.74) is -0.498. The fourth-order valence-corrected chi connectivity index (χ4v) is 2.63. The van der Waals surface area contributed by atoms with Gasteiger partial charge >= 0.3 is 6.09 Å². The molecule has 0 heterocycles. The zero-order valence-corrected chi connectivity index (χ0v) is 19.1. The Morgan fingerprint density at radius 3 is 1.79 bits per heavy atom. The van der Waals surface area contributed by atoms with Crippen LogP contribution >= 0.6 is 0 Å². The Hall–Kier alpha value is -1.34. The van der Waals surface area contributed by atoms with Gasteiger partial charge in [0.15, 0.2) is 0 Å². The first-order valence-corrected chi connectivity index (χ1v) is 11.2. The number of rotatable bonds is 18. The quantitative estimate of drug-likeness (QED) is 0.327. The number of nitrogens with one attached hydrogen (secondary N) is 2. The van der Waals surface area contributed by atoms with Gasteiger partial charge in [0.05, 0.1) is 26.4 Å². The van der Waals surface area contributed by atoms with Crippen molar-refractivity contribution in [2.75, 3.05) is 39.5 Å². The number of carbonyl (C=O) groups is 2. The largest absolute Gasteiger partial charge is 0.444 e. The van der Waals surface area contributed by atoms with Crippen LogP contribution in [0.3, 0.4) is 0 Å². The number of hydrogen-bond donors (Lipinski definition) is 2. The zero-order valence-electron chi connectivity index (χ0n) is 19.1. The molecule has 0 aromatic rings. The molecule has 0 aliphatic rings. The van der Waals surface area contributed by atoms with Crippen LogP contribution in [-0.2, 0) is 19.0 Å². The molecule has 0 rings (SSSR count). The monoisotopic (exact) mass is 416 g/mol. The smallest absolute Gasteiger partial charge is 0.407 e. The number of ether oxygens (including phenoxy) is 3. The first kappa shape index (κ1) is 27.7. The molecule has 0 fully saturated rings. The molecule has 0 saturated carbocycles. The van der Waals surface area contributed by atoms with E-state index in [-0.39, 0.29) is 5.91 Å². The average molecular weight is 417 g/mol. The van der Waals surface area contributed by atoms with Crippen molar-refractivity contribution in [2.24, 2.45) is 0 Å². The molecular weight excluding hydrogens is 372 g/mol. The van der Waals surface area contributed by atoms with E-state index in [2.05, 4.69) is 17.6 Å². The van der Waals surface area contributed by atoms with Crippen LogP contribution in [0.1, 0.15) is 85.5 Å². The number of carbonyl (C=O) groups excluding carboxylic acids is 2. The summed E-state index contributed by atoms with van der Waals surface area (Å²) in [6, 6.07) is 0. The maximum absolute atomic E-state index is 11.7. The van der Waals surface area contributed by atoms with Crippen LogP contribution in [0.4, 0.5) is 4.79 Å². The lowest BCUT2D eigenvalue weighted by molar-refractivity contribution is -0.121. The highest BCUT2D eigenvalue weighted by Crippen LogP contribution is 2.09. The van der Waals surface area contributed by atoms with Crippen LogP contribution in [0.15, 0.2) is 0 Å². The van der Waals surface area contributed by atoms with Crippen LogP contribution in [0.25, 0.3) is 0 Å². The molecule has 7 nitrogen and oxygen atoms in total. The highest BCUT2D eigenvalue weighted by Gasteiger charge is 2.15. The Morgan fingerprint density at radius 1 is 0.724 bits per heavy atom. The van der Waals surface area contributed by atoms with Gasteiger partial charge in [0, 0.05) is 19.5 Å². The molecule has 0 bridgehead atoms. The van der Waals surface area contributed by atoms with Crippen LogP contribution in [0.5, 0.6) is 0 Å². The van der Waals surface area contributed by atoms with Gasteiger partial charge in [-0.2, -0.15) is 0 Å². The van der Waals surface area contributed by atoms with E-state index in [9.17, 15) is 9.59 Å². The predicted octanol–water partition coefficient (Wildman–Crippen LogP) is 4.19. The predicted molar refractivity (Wildman–Crippen MR) is 116 cm³/mol. The Labute approximate surface area is 177 Å². The summed E-state index contributed by atoms with van der Waals surface area (Å²) in [5.74, 6) is 0.101. The van der Waals surface area contributed by atoms with Crippen molar-refractivity contribution >= 4 is 12.0 Å². The highest BCUT2D eigenvalue weighted by molar-refractivity contribution is 5.75. The number of amides is 2. The fraction of sp³-hybridized carbons (Fsp3) is 0.909. The molecule has 0 aromatic carbocycles. The fourth-order valence-electron chi connectivity index (χ4n) is 2.63. The maximum Gasteiger partial charge on any atom is 0.407 e. The first-order valence-electron chi connectivity index (χ1n) is 11.2. The summed E-state index contributed by atoms with van der Waals surface area (Å²) in [6.07, 6.45) is 10.0. The maximum atomic E-state index is 11.7. The van der Waals surface area contributed by atoms with Gasteiger partial charge < -0.3 is 24.8 Å². The lowest BCUT2D eigenvalue weighted by Gasteiger charge is -2.19. The van der Waals surface area contributed by atoms with Crippen LogP contribution in [0, 0.1) is 0 Å². The van der Waals surface area contributed by atoms with E-state index >= 15 is 0 Å². The van der Waals surface area contributed by atoms with E-state index in [1.165, 1.54) is 38.5 Å². The summed E-state index contributed by atoms with van der Waals surface area (Å²) < 4.78 is 15.9. The van der Waals surface area contributed by atoms with Crippen LogP contribution in [-0.4, -0.2) is 57.1 Å². The molecule has 0 unspecified atom stereocenters. The van der Waals surface area contributed by atoms with E-state index in [1.54, 1.807) is 0 Å². The molecule has 0 spiro atoms. The third-order valence-electron chi connectivity index (χ3n) is 4.11. The van der Waals surface area contributed by atoms with Gasteiger partial charge in [-0.3, -0.25) is 4.79 Å². The molecule has 172 valence electrons. The molecule has 0 radical (unpaired) electrons. The minimum atomic E-state index is -0.498. The normalized spacial score (nSPS) is 11.3. The van der Waals surface area contributed by atoms with Crippen molar-refractivity contribution < 1.29 is 23.8 Å². The topological polar surface area (TPSA) is 85.9 Å². The van der Waals surface area contributed by atoms with Gasteiger partial charge in [-0.1, -0.05) is 51.9 Å². The lowest BCUT2D eigenvalue weighted by Crippen LogP contribution is -2.34. The van der Waals surface area contributed by atoms with Crippen molar-refractivity contribution in [3.63, 3.8) is 0 Å². The number of unbranched alkanes of at least 4 members (excludes halogenated alkanes) is 7. The first-order chi connectivity index (χ1) is 13.8. The SMILES string of the molecule is CCCCCCCCCCC(=O)NCCOCCOCCNC(=O)OC(C)(C)C. The summed E-state index contributed by atoms with van der Waals surface area (Å²) in [4.78, 5) is 23.1. The molecule has 0 atom stereocenters. The molecular formula is C22H44N2O5. The van der Waals surface area contributed by atoms with E-state index in [0.717, 1.165) is 12.8 Å². The molecule has 0 saturated heterocycles. The summed E-state index contributed by atoms with van der Waals surface area (Å²) in [7, 11) is 0. The standard InChI is InChI=1S/C22H44N2O5/c1-5-6-7-8-9-10-11-12-13-20(25)23-14-16-27-18-19-28-17-15-24-21(26)29-22(2,3)4/h5-19H2,1-4H3,(H,23,25)(H,24,26). The van der Waals surface area contributed by atoms with Crippen LogP contribution < -0.4 is 10.6 Å². The van der Waals surface area contributed by atoms with E-state index in [1.807, 2.05) is 20.8 Å². The van der Waals surface area contributed by atoms with Gasteiger partial charge in [-0.25, -0.2) is 4.79 Å². The van der Waals surface area contributed by atoms with Gasteiger partial charge in [-0.05, 0) is 27.2 Å². The Balaban J connectivity index is 3.28. The van der Waals surface area contributed by atoms with Gasteiger partial charge in [0.25, 0.3) is 0 Å². The average Bonchev–Trinajstić information content (AvgIpc) is 2.64. The summed E-state index contributed by atoms with van der Waals surface area (Å²) in [5, 5.41) is 5.50. The van der Waals surface area contributed by atoms with Crippen molar-refractivity contribution in [1.29, 1.82) is 0 Å². The highest BCUT2D eigenvalue weighted by atomic mass is 16.6. The lowest BCUT2D eigenvalue weighted by atomic mass is 10.1. The number of hydrogen-bond acceptors (Lipinski definition) is 5.